The molecule has 1 aliphatic heterocycles. The fourth-order valence-corrected chi connectivity index (χ4v) is 5.17. The van der Waals surface area contributed by atoms with E-state index < -0.39 is 13.8 Å². The Morgan fingerprint density at radius 1 is 1.08 bits per heavy atom. The van der Waals surface area contributed by atoms with Crippen molar-refractivity contribution in [1.82, 2.24) is 9.68 Å². The summed E-state index contributed by atoms with van der Waals surface area (Å²) in [6.45, 7) is 17.2. The fourth-order valence-electron chi connectivity index (χ4n) is 3.06. The topological polar surface area (TPSA) is 35.9 Å². The lowest BCUT2D eigenvalue weighted by molar-refractivity contribution is 0.0277. The summed E-state index contributed by atoms with van der Waals surface area (Å²) in [5.74, 6) is 0.865. The van der Waals surface area contributed by atoms with Gasteiger partial charge in [-0.15, -0.1) is 0 Å². The van der Waals surface area contributed by atoms with Crippen molar-refractivity contribution in [2.75, 3.05) is 13.7 Å². The number of nitrogens with zero attached hydrogens (tertiary/aromatic N) is 2. The van der Waals surface area contributed by atoms with Crippen LogP contribution in [0.3, 0.4) is 0 Å². The van der Waals surface area contributed by atoms with Crippen LogP contribution in [0.1, 0.15) is 40.2 Å². The van der Waals surface area contributed by atoms with E-state index in [0.29, 0.717) is 0 Å². The molecule has 140 valence electrons. The molecule has 1 heterocycles. The Balaban J connectivity index is 2.35. The number of ether oxygens (including phenoxy) is 1. The van der Waals surface area contributed by atoms with Gasteiger partial charge in [0.1, 0.15) is 5.75 Å². The van der Waals surface area contributed by atoms with Gasteiger partial charge in [-0.05, 0) is 42.7 Å². The first-order valence-electron chi connectivity index (χ1n) is 8.99. The van der Waals surface area contributed by atoms with Gasteiger partial charge in [0.15, 0.2) is 8.24 Å². The van der Waals surface area contributed by atoms with Crippen LogP contribution >= 0.6 is 0 Å². The van der Waals surface area contributed by atoms with Crippen LogP contribution in [0.4, 0.5) is 0 Å². The first kappa shape index (κ1) is 20.0. The molecular weight excluding hydrogens is 328 g/mol. The molecule has 0 bridgehead atoms. The summed E-state index contributed by atoms with van der Waals surface area (Å²) >= 11 is 0. The largest absolute Gasteiger partial charge is 0.497 e. The van der Waals surface area contributed by atoms with Crippen molar-refractivity contribution in [1.29, 1.82) is 0 Å². The third-order valence-corrected chi connectivity index (χ3v) is 11.0. The van der Waals surface area contributed by atoms with Crippen molar-refractivity contribution in [3.8, 4) is 5.75 Å². The highest BCUT2D eigenvalue weighted by atomic mass is 28.3. The second kappa shape index (κ2) is 6.78. The molecule has 5 heteroatoms. The second-order valence-electron chi connectivity index (χ2n) is 8.95. The average molecular weight is 363 g/mol. The Morgan fingerprint density at radius 3 is 2.08 bits per heavy atom. The quantitative estimate of drug-likeness (QED) is 0.788. The Hall–Kier alpha value is -1.30. The Bertz CT molecular complexity index is 625. The lowest BCUT2D eigenvalue weighted by Crippen LogP contribution is -2.60. The first-order chi connectivity index (χ1) is 11.4. The number of aliphatic hydroxyl groups is 1. The van der Waals surface area contributed by atoms with Gasteiger partial charge in [-0.3, -0.25) is 0 Å². The van der Waals surface area contributed by atoms with Gasteiger partial charge in [0.2, 0.25) is 0 Å². The molecular formula is C20H34N2O2Si. The number of hydrogen-bond acceptors (Lipinski definition) is 4. The molecule has 25 heavy (non-hydrogen) atoms. The predicted molar refractivity (Wildman–Crippen MR) is 107 cm³/mol. The van der Waals surface area contributed by atoms with Crippen LogP contribution in [-0.4, -0.2) is 42.3 Å². The Labute approximate surface area is 154 Å². The van der Waals surface area contributed by atoms with E-state index in [-0.39, 0.29) is 5.04 Å². The van der Waals surface area contributed by atoms with Crippen molar-refractivity contribution >= 4 is 8.24 Å². The predicted octanol–water partition coefficient (Wildman–Crippen LogP) is 4.39. The molecule has 0 atom stereocenters. The van der Waals surface area contributed by atoms with Crippen molar-refractivity contribution in [2.24, 2.45) is 0 Å². The SMILES string of the molecule is COc1ccc(CN2C(C(C)(C)O)=CCN2[Si](C)(C)C(C)(C)C)cc1. The zero-order chi connectivity index (χ0) is 19.0. The molecule has 1 aromatic carbocycles. The van der Waals surface area contributed by atoms with Crippen LogP contribution in [0.2, 0.25) is 18.1 Å². The van der Waals surface area contributed by atoms with E-state index in [0.717, 1.165) is 24.5 Å². The zero-order valence-electron chi connectivity index (χ0n) is 17.1. The molecule has 1 aromatic rings. The number of methoxy groups -OCH3 is 1. The molecule has 0 fully saturated rings. The van der Waals surface area contributed by atoms with Crippen molar-refractivity contribution in [2.45, 2.75) is 64.9 Å². The van der Waals surface area contributed by atoms with Gasteiger partial charge in [-0.2, -0.15) is 0 Å². The number of hydrazine groups is 1. The molecule has 1 N–H and O–H groups in total. The van der Waals surface area contributed by atoms with E-state index in [2.05, 4.69) is 61.8 Å². The van der Waals surface area contributed by atoms with E-state index >= 15 is 0 Å². The lowest BCUT2D eigenvalue weighted by atomic mass is 10.0. The summed E-state index contributed by atoms with van der Waals surface area (Å²) < 4.78 is 7.78. The minimum Gasteiger partial charge on any atom is -0.497 e. The van der Waals surface area contributed by atoms with Gasteiger partial charge in [0, 0.05) is 6.54 Å². The highest BCUT2D eigenvalue weighted by Gasteiger charge is 2.47. The maximum atomic E-state index is 10.7. The molecule has 1 aliphatic rings. The van der Waals surface area contributed by atoms with E-state index in [1.54, 1.807) is 7.11 Å². The van der Waals surface area contributed by atoms with Gasteiger partial charge in [-0.25, -0.2) is 4.67 Å². The van der Waals surface area contributed by atoms with E-state index in [4.69, 9.17) is 4.74 Å². The highest BCUT2D eigenvalue weighted by Crippen LogP contribution is 2.42. The van der Waals surface area contributed by atoms with Crippen LogP contribution < -0.4 is 4.74 Å². The fraction of sp³-hybridized carbons (Fsp3) is 0.600. The zero-order valence-corrected chi connectivity index (χ0v) is 18.1. The van der Waals surface area contributed by atoms with Crippen LogP contribution in [0, 0.1) is 0 Å². The van der Waals surface area contributed by atoms with Gasteiger partial charge in [0.25, 0.3) is 0 Å². The normalized spacial score (nSPS) is 17.0. The summed E-state index contributed by atoms with van der Waals surface area (Å²) in [6, 6.07) is 8.19. The summed E-state index contributed by atoms with van der Waals surface area (Å²) in [5, 5.41) is 13.2. The van der Waals surface area contributed by atoms with Crippen molar-refractivity contribution < 1.29 is 9.84 Å². The highest BCUT2D eigenvalue weighted by molar-refractivity contribution is 6.77. The van der Waals surface area contributed by atoms with Crippen LogP contribution in [0.5, 0.6) is 5.75 Å². The molecule has 0 saturated heterocycles. The Morgan fingerprint density at radius 2 is 1.64 bits per heavy atom. The first-order valence-corrected chi connectivity index (χ1v) is 11.9. The maximum Gasteiger partial charge on any atom is 0.152 e. The van der Waals surface area contributed by atoms with Crippen LogP contribution in [0.25, 0.3) is 0 Å². The molecule has 0 saturated carbocycles. The second-order valence-corrected chi connectivity index (χ2v) is 14.1. The molecule has 0 aliphatic carbocycles. The monoisotopic (exact) mass is 362 g/mol. The van der Waals surface area contributed by atoms with E-state index in [1.165, 1.54) is 5.56 Å². The van der Waals surface area contributed by atoms with Crippen LogP contribution in [-0.2, 0) is 6.54 Å². The maximum absolute atomic E-state index is 10.7. The van der Waals surface area contributed by atoms with E-state index in [9.17, 15) is 5.11 Å². The Kier molecular flexibility index (Phi) is 5.43. The molecule has 0 spiro atoms. The molecule has 0 aromatic heterocycles. The lowest BCUT2D eigenvalue weighted by Gasteiger charge is -2.50. The minimum absolute atomic E-state index is 0.230. The summed E-state index contributed by atoms with van der Waals surface area (Å²) in [6.07, 6.45) is 2.18. The molecule has 0 radical (unpaired) electrons. The number of hydrogen-bond donors (Lipinski definition) is 1. The summed E-state index contributed by atoms with van der Waals surface area (Å²) in [5.41, 5.74) is 1.35. The standard InChI is InChI=1S/C20H34N2O2Si/c1-19(2,3)25(7,8)22-14-13-18(20(4,5)23)21(22)15-16-9-11-17(24-6)12-10-16/h9-13,23H,14-15H2,1-8H3. The van der Waals surface area contributed by atoms with Crippen LogP contribution in [0.15, 0.2) is 36.0 Å². The number of benzene rings is 1. The third kappa shape index (κ3) is 4.10. The number of rotatable bonds is 5. The summed E-state index contributed by atoms with van der Waals surface area (Å²) in [4.78, 5) is 0. The third-order valence-electron chi connectivity index (χ3n) is 5.63. The molecule has 0 amide bonds. The average Bonchev–Trinajstić information content (AvgIpc) is 2.91. The van der Waals surface area contributed by atoms with Crippen molar-refractivity contribution in [3.05, 3.63) is 41.6 Å². The molecule has 0 unspecified atom stereocenters. The molecule has 4 nitrogen and oxygen atoms in total. The van der Waals surface area contributed by atoms with E-state index in [1.807, 2.05) is 26.0 Å². The van der Waals surface area contributed by atoms with Crippen molar-refractivity contribution in [3.63, 3.8) is 0 Å². The van der Waals surface area contributed by atoms with Gasteiger partial charge >= 0.3 is 0 Å². The minimum atomic E-state index is -1.76. The van der Waals surface area contributed by atoms with Gasteiger partial charge in [0.05, 0.1) is 25.0 Å². The van der Waals surface area contributed by atoms with Gasteiger partial charge < -0.3 is 14.9 Å². The summed E-state index contributed by atoms with van der Waals surface area (Å²) in [7, 11) is -0.0715. The van der Waals surface area contributed by atoms with Gasteiger partial charge in [-0.1, -0.05) is 46.0 Å². The molecule has 2 rings (SSSR count). The smallest absolute Gasteiger partial charge is 0.152 e.